The van der Waals surface area contributed by atoms with Gasteiger partial charge in [-0.25, -0.2) is 8.78 Å². The molecule has 0 aromatic heterocycles. The zero-order chi connectivity index (χ0) is 17.0. The lowest BCUT2D eigenvalue weighted by molar-refractivity contribution is -0.126. The van der Waals surface area contributed by atoms with Crippen LogP contribution in [0, 0.1) is 29.9 Å². The van der Waals surface area contributed by atoms with Gasteiger partial charge in [0.05, 0.1) is 12.5 Å². The standard InChI is InChI=1S/C16H16F2N2O3/c1-3-11(9-23-2)19-16(22)10-6-15(21)20(8-10)12-4-5-13(17)14(18)7-12/h1,4-5,7,10-11H,6,8-9H2,2H3,(H,19,22)/t10-,11+/m1/s1. The molecule has 1 heterocycles. The van der Waals surface area contributed by atoms with Gasteiger partial charge < -0.3 is 15.0 Å². The molecule has 0 radical (unpaired) electrons. The highest BCUT2D eigenvalue weighted by Crippen LogP contribution is 2.26. The summed E-state index contributed by atoms with van der Waals surface area (Å²) in [4.78, 5) is 25.4. The van der Waals surface area contributed by atoms with Gasteiger partial charge in [0.15, 0.2) is 11.6 Å². The number of hydrogen-bond donors (Lipinski definition) is 1. The third-order valence-electron chi connectivity index (χ3n) is 3.56. The quantitative estimate of drug-likeness (QED) is 0.826. The zero-order valence-electron chi connectivity index (χ0n) is 12.5. The van der Waals surface area contributed by atoms with E-state index in [9.17, 15) is 18.4 Å². The molecule has 0 bridgehead atoms. The number of nitrogens with one attached hydrogen (secondary N) is 1. The largest absolute Gasteiger partial charge is 0.382 e. The molecular weight excluding hydrogens is 306 g/mol. The molecule has 1 aliphatic rings. The highest BCUT2D eigenvalue weighted by molar-refractivity contribution is 6.00. The summed E-state index contributed by atoms with van der Waals surface area (Å²) in [7, 11) is 1.46. The van der Waals surface area contributed by atoms with E-state index in [0.29, 0.717) is 0 Å². The second-order valence-electron chi connectivity index (χ2n) is 5.19. The van der Waals surface area contributed by atoms with Gasteiger partial charge in [-0.3, -0.25) is 9.59 Å². The van der Waals surface area contributed by atoms with Crippen LogP contribution in [0.1, 0.15) is 6.42 Å². The zero-order valence-corrected chi connectivity index (χ0v) is 12.5. The minimum absolute atomic E-state index is 0.0187. The molecule has 5 nitrogen and oxygen atoms in total. The van der Waals surface area contributed by atoms with Crippen molar-refractivity contribution in [2.75, 3.05) is 25.2 Å². The topological polar surface area (TPSA) is 58.6 Å². The number of carbonyl (C=O) groups is 2. The van der Waals surface area contributed by atoms with Crippen LogP contribution in [0.5, 0.6) is 0 Å². The summed E-state index contributed by atoms with van der Waals surface area (Å²) in [6, 6.07) is 2.59. The summed E-state index contributed by atoms with van der Waals surface area (Å²) in [6.45, 7) is 0.246. The number of hydrogen-bond acceptors (Lipinski definition) is 3. The minimum Gasteiger partial charge on any atom is -0.382 e. The van der Waals surface area contributed by atoms with E-state index in [1.165, 1.54) is 18.1 Å². The average Bonchev–Trinajstić information content (AvgIpc) is 2.91. The molecule has 7 heteroatoms. The van der Waals surface area contributed by atoms with Crippen molar-refractivity contribution in [1.82, 2.24) is 5.32 Å². The van der Waals surface area contributed by atoms with Gasteiger partial charge in [-0.15, -0.1) is 6.42 Å². The summed E-state index contributed by atoms with van der Waals surface area (Å²) < 4.78 is 31.1. The average molecular weight is 322 g/mol. The number of rotatable bonds is 5. The SMILES string of the molecule is C#C[C@@H](COC)NC(=O)[C@@H]1CC(=O)N(c2ccc(F)c(F)c2)C1. The van der Waals surface area contributed by atoms with Crippen LogP contribution in [-0.4, -0.2) is 38.1 Å². The Labute approximate surface area is 132 Å². The van der Waals surface area contributed by atoms with E-state index < -0.39 is 23.6 Å². The number of benzene rings is 1. The fourth-order valence-corrected chi connectivity index (χ4v) is 2.37. The van der Waals surface area contributed by atoms with Crippen molar-refractivity contribution in [2.24, 2.45) is 5.92 Å². The highest BCUT2D eigenvalue weighted by atomic mass is 19.2. The van der Waals surface area contributed by atoms with Crippen LogP contribution < -0.4 is 10.2 Å². The Hall–Kier alpha value is -2.46. The van der Waals surface area contributed by atoms with Crippen molar-refractivity contribution in [3.05, 3.63) is 29.8 Å². The molecule has 0 unspecified atom stereocenters. The molecule has 1 aromatic rings. The van der Waals surface area contributed by atoms with E-state index in [0.717, 1.165) is 12.1 Å². The number of carbonyl (C=O) groups excluding carboxylic acids is 2. The Kier molecular flexibility index (Phi) is 5.29. The van der Waals surface area contributed by atoms with Crippen LogP contribution >= 0.6 is 0 Å². The molecular formula is C16H16F2N2O3. The minimum atomic E-state index is -1.05. The predicted molar refractivity (Wildman–Crippen MR) is 79.5 cm³/mol. The summed E-state index contributed by atoms with van der Waals surface area (Å²) >= 11 is 0. The highest BCUT2D eigenvalue weighted by Gasteiger charge is 2.35. The third kappa shape index (κ3) is 3.85. The normalized spacial score (nSPS) is 18.6. The van der Waals surface area contributed by atoms with Gasteiger partial charge in [0, 0.05) is 31.8 Å². The van der Waals surface area contributed by atoms with Crippen molar-refractivity contribution in [3.63, 3.8) is 0 Å². The molecule has 0 saturated carbocycles. The maximum absolute atomic E-state index is 13.3. The molecule has 23 heavy (non-hydrogen) atoms. The van der Waals surface area contributed by atoms with Crippen LogP contribution in [0.2, 0.25) is 0 Å². The maximum atomic E-state index is 13.3. The first-order valence-electron chi connectivity index (χ1n) is 6.97. The van der Waals surface area contributed by atoms with Gasteiger partial charge in [0.1, 0.15) is 6.04 Å². The Morgan fingerprint density at radius 3 is 2.87 bits per heavy atom. The molecule has 2 atom stereocenters. The molecule has 122 valence electrons. The lowest BCUT2D eigenvalue weighted by Gasteiger charge is -2.18. The third-order valence-corrected chi connectivity index (χ3v) is 3.56. The number of methoxy groups -OCH3 is 1. The van der Waals surface area contributed by atoms with Crippen LogP contribution in [0.4, 0.5) is 14.5 Å². The van der Waals surface area contributed by atoms with E-state index in [2.05, 4.69) is 11.2 Å². The summed E-state index contributed by atoms with van der Waals surface area (Å²) in [5, 5.41) is 2.61. The monoisotopic (exact) mass is 322 g/mol. The van der Waals surface area contributed by atoms with Crippen LogP contribution in [0.3, 0.4) is 0 Å². The second-order valence-corrected chi connectivity index (χ2v) is 5.19. The Bertz CT molecular complexity index is 657. The molecule has 1 aromatic carbocycles. The first-order valence-corrected chi connectivity index (χ1v) is 6.97. The molecule has 1 N–H and O–H groups in total. The van der Waals surface area contributed by atoms with Crippen LogP contribution in [-0.2, 0) is 14.3 Å². The number of halogens is 2. The van der Waals surface area contributed by atoms with Gasteiger partial charge in [0.25, 0.3) is 0 Å². The van der Waals surface area contributed by atoms with Gasteiger partial charge in [-0.2, -0.15) is 0 Å². The molecule has 1 saturated heterocycles. The maximum Gasteiger partial charge on any atom is 0.227 e. The lowest BCUT2D eigenvalue weighted by atomic mass is 10.1. The molecule has 0 aliphatic carbocycles. The number of amides is 2. The first-order chi connectivity index (χ1) is 11.0. The second kappa shape index (κ2) is 7.20. The molecule has 2 rings (SSSR count). The fourth-order valence-electron chi connectivity index (χ4n) is 2.37. The van der Waals surface area contributed by atoms with E-state index in [-0.39, 0.29) is 37.1 Å². The van der Waals surface area contributed by atoms with Crippen LogP contribution in [0.15, 0.2) is 18.2 Å². The number of nitrogens with zero attached hydrogens (tertiary/aromatic N) is 1. The Morgan fingerprint density at radius 1 is 1.52 bits per heavy atom. The van der Waals surface area contributed by atoms with Gasteiger partial charge >= 0.3 is 0 Å². The van der Waals surface area contributed by atoms with Crippen molar-refractivity contribution in [2.45, 2.75) is 12.5 Å². The van der Waals surface area contributed by atoms with Crippen LogP contribution in [0.25, 0.3) is 0 Å². The van der Waals surface area contributed by atoms with E-state index >= 15 is 0 Å². The summed E-state index contributed by atoms with van der Waals surface area (Å²) in [6.07, 6.45) is 5.26. The van der Waals surface area contributed by atoms with Crippen molar-refractivity contribution >= 4 is 17.5 Å². The Balaban J connectivity index is 2.06. The number of terminal acetylenes is 1. The molecule has 0 spiro atoms. The van der Waals surface area contributed by atoms with Crippen molar-refractivity contribution in [1.29, 1.82) is 0 Å². The van der Waals surface area contributed by atoms with Crippen molar-refractivity contribution < 1.29 is 23.1 Å². The predicted octanol–water partition coefficient (Wildman–Crippen LogP) is 1.08. The molecule has 2 amide bonds. The fraction of sp³-hybridized carbons (Fsp3) is 0.375. The van der Waals surface area contributed by atoms with Gasteiger partial charge in [0.2, 0.25) is 11.8 Å². The summed E-state index contributed by atoms with van der Waals surface area (Å²) in [5.74, 6) is -0.975. The van der Waals surface area contributed by atoms with Crippen molar-refractivity contribution in [3.8, 4) is 12.3 Å². The number of anilines is 1. The lowest BCUT2D eigenvalue weighted by Crippen LogP contribution is -2.41. The number of ether oxygens (including phenoxy) is 1. The van der Waals surface area contributed by atoms with Gasteiger partial charge in [-0.05, 0) is 12.1 Å². The smallest absolute Gasteiger partial charge is 0.227 e. The first kappa shape index (κ1) is 16.9. The van der Waals surface area contributed by atoms with Gasteiger partial charge in [-0.1, -0.05) is 5.92 Å². The van der Waals surface area contributed by atoms with E-state index in [1.807, 2.05) is 0 Å². The molecule has 1 aliphatic heterocycles. The molecule has 1 fully saturated rings. The summed E-state index contributed by atoms with van der Waals surface area (Å²) in [5.41, 5.74) is 0.217. The van der Waals surface area contributed by atoms with E-state index in [4.69, 9.17) is 11.2 Å². The Morgan fingerprint density at radius 2 is 2.26 bits per heavy atom. The van der Waals surface area contributed by atoms with E-state index in [1.54, 1.807) is 0 Å².